The van der Waals surface area contributed by atoms with E-state index < -0.39 is 0 Å². The van der Waals surface area contributed by atoms with Crippen LogP contribution >= 0.6 is 0 Å². The number of hydrogen-bond acceptors (Lipinski definition) is 4. The summed E-state index contributed by atoms with van der Waals surface area (Å²) in [6, 6.07) is 7.49. The summed E-state index contributed by atoms with van der Waals surface area (Å²) < 4.78 is 1.99. The third kappa shape index (κ3) is 3.32. The Hall–Kier alpha value is -3.48. The highest BCUT2D eigenvalue weighted by molar-refractivity contribution is 6.06. The van der Waals surface area contributed by atoms with Gasteiger partial charge in [-0.15, -0.1) is 0 Å². The van der Waals surface area contributed by atoms with Crippen LogP contribution in [0, 0.1) is 29.1 Å². The second kappa shape index (κ2) is 8.02. The van der Waals surface area contributed by atoms with Crippen molar-refractivity contribution in [3.05, 3.63) is 54.4 Å². The highest BCUT2D eigenvalue weighted by Crippen LogP contribution is 2.69. The van der Waals surface area contributed by atoms with Crippen molar-refractivity contribution in [1.82, 2.24) is 19.9 Å². The van der Waals surface area contributed by atoms with Crippen LogP contribution < -0.4 is 10.6 Å². The number of aromatic nitrogens is 3. The molecule has 3 unspecified atom stereocenters. The summed E-state index contributed by atoms with van der Waals surface area (Å²) in [5.74, 6) is 2.56. The normalized spacial score (nSPS) is 25.3. The maximum absolute atomic E-state index is 13.3. The predicted octanol–water partition coefficient (Wildman–Crippen LogP) is 4.71. The van der Waals surface area contributed by atoms with Crippen LogP contribution in [0.4, 0.5) is 5.69 Å². The number of hydrogen-bond donors (Lipinski definition) is 2. The Labute approximate surface area is 210 Å². The fourth-order valence-corrected chi connectivity index (χ4v) is 6.92. The molecule has 36 heavy (non-hydrogen) atoms. The average molecular weight is 482 g/mol. The van der Waals surface area contributed by atoms with Crippen molar-refractivity contribution >= 4 is 28.5 Å². The molecule has 2 aromatic heterocycles. The van der Waals surface area contributed by atoms with E-state index >= 15 is 0 Å². The number of rotatable bonds is 6. The van der Waals surface area contributed by atoms with E-state index in [0.717, 1.165) is 36.2 Å². The monoisotopic (exact) mass is 481 g/mol. The van der Waals surface area contributed by atoms with Gasteiger partial charge in [0.05, 0.1) is 16.7 Å². The molecule has 7 rings (SSSR count). The molecule has 3 fully saturated rings. The van der Waals surface area contributed by atoms with Crippen molar-refractivity contribution in [2.24, 2.45) is 36.1 Å². The molecular formula is C29H31N5O2. The van der Waals surface area contributed by atoms with Crippen molar-refractivity contribution in [2.45, 2.75) is 38.5 Å². The van der Waals surface area contributed by atoms with E-state index in [-0.39, 0.29) is 17.7 Å². The molecule has 3 atom stereocenters. The van der Waals surface area contributed by atoms with E-state index in [1.807, 2.05) is 35.9 Å². The Morgan fingerprint density at radius 2 is 1.94 bits per heavy atom. The molecule has 184 valence electrons. The SMILES string of the molecule is Cn1c(-c2ccncc2)nc2cc(C(=O)NCC3CC4C=CC3C43CC3)cc(NC(=O)C3CCC3)c21. The topological polar surface area (TPSA) is 88.9 Å². The third-order valence-corrected chi connectivity index (χ3v) is 9.27. The Morgan fingerprint density at radius 1 is 1.14 bits per heavy atom. The Kier molecular flexibility index (Phi) is 4.85. The number of benzene rings is 1. The first-order chi connectivity index (χ1) is 17.5. The van der Waals surface area contributed by atoms with Gasteiger partial charge in [-0.05, 0) is 79.5 Å². The largest absolute Gasteiger partial charge is 0.352 e. The minimum atomic E-state index is -0.108. The van der Waals surface area contributed by atoms with Crippen LogP contribution in [-0.2, 0) is 11.8 Å². The second-order valence-corrected chi connectivity index (χ2v) is 11.2. The minimum Gasteiger partial charge on any atom is -0.352 e. The quantitative estimate of drug-likeness (QED) is 0.499. The van der Waals surface area contributed by atoms with E-state index in [9.17, 15) is 9.59 Å². The number of nitrogens with zero attached hydrogens (tertiary/aromatic N) is 3. The molecule has 0 aliphatic heterocycles. The molecule has 2 N–H and O–H groups in total. The van der Waals surface area contributed by atoms with Crippen LogP contribution in [-0.4, -0.2) is 32.9 Å². The van der Waals surface area contributed by atoms with Crippen LogP contribution in [0.1, 0.15) is 48.9 Å². The average Bonchev–Trinajstić information content (AvgIpc) is 3.39. The van der Waals surface area contributed by atoms with Crippen molar-refractivity contribution in [3.63, 3.8) is 0 Å². The lowest BCUT2D eigenvalue weighted by Crippen LogP contribution is -2.32. The summed E-state index contributed by atoms with van der Waals surface area (Å²) in [5.41, 5.74) is 4.14. The van der Waals surface area contributed by atoms with Gasteiger partial charge in [0, 0.05) is 43.0 Å². The maximum Gasteiger partial charge on any atom is 0.251 e. The van der Waals surface area contributed by atoms with Gasteiger partial charge in [0.2, 0.25) is 5.91 Å². The lowest BCUT2D eigenvalue weighted by molar-refractivity contribution is -0.122. The van der Waals surface area contributed by atoms with Crippen LogP contribution in [0.15, 0.2) is 48.8 Å². The number of allylic oxidation sites excluding steroid dienone is 2. The number of amides is 2. The lowest BCUT2D eigenvalue weighted by Gasteiger charge is -2.24. The minimum absolute atomic E-state index is 0.0234. The van der Waals surface area contributed by atoms with Gasteiger partial charge in [-0.2, -0.15) is 0 Å². The standard InChI is InChI=1S/C29H31N5O2/c1-34-25-23(32-26(34)17-7-11-30-12-8-17)14-19(15-24(25)33-28(36)18-3-2-4-18)27(35)31-16-20-13-21-5-6-22(20)29(21)9-10-29/h5-8,11-12,14-15,18,20-22H,2-4,9-10,13,16H2,1H3,(H,31,35)(H,33,36). The number of pyridine rings is 1. The zero-order valence-corrected chi connectivity index (χ0v) is 20.5. The highest BCUT2D eigenvalue weighted by atomic mass is 16.2. The number of carbonyl (C=O) groups is 2. The fourth-order valence-electron chi connectivity index (χ4n) is 6.92. The van der Waals surface area contributed by atoms with Gasteiger partial charge in [0.15, 0.2) is 0 Å². The zero-order valence-electron chi connectivity index (χ0n) is 20.5. The van der Waals surface area contributed by atoms with Crippen molar-refractivity contribution < 1.29 is 9.59 Å². The van der Waals surface area contributed by atoms with Crippen LogP contribution in [0.2, 0.25) is 0 Å². The number of aryl methyl sites for hydroxylation is 1. The molecule has 7 nitrogen and oxygen atoms in total. The van der Waals surface area contributed by atoms with E-state index in [0.29, 0.717) is 46.5 Å². The van der Waals surface area contributed by atoms with Crippen molar-refractivity contribution in [1.29, 1.82) is 0 Å². The Balaban J connectivity index is 1.19. The smallest absolute Gasteiger partial charge is 0.251 e. The highest BCUT2D eigenvalue weighted by Gasteiger charge is 2.62. The van der Waals surface area contributed by atoms with Crippen LogP contribution in [0.25, 0.3) is 22.4 Å². The number of carbonyl (C=O) groups excluding carboxylic acids is 2. The van der Waals surface area contributed by atoms with Gasteiger partial charge in [0.1, 0.15) is 5.82 Å². The summed E-state index contributed by atoms with van der Waals surface area (Å²) >= 11 is 0. The van der Waals surface area contributed by atoms with E-state index in [1.165, 1.54) is 19.3 Å². The summed E-state index contributed by atoms with van der Waals surface area (Å²) in [7, 11) is 1.94. The van der Waals surface area contributed by atoms with Gasteiger partial charge in [-0.1, -0.05) is 18.6 Å². The predicted molar refractivity (Wildman–Crippen MR) is 138 cm³/mol. The van der Waals surface area contributed by atoms with Gasteiger partial charge in [-0.3, -0.25) is 14.6 Å². The molecule has 0 radical (unpaired) electrons. The second-order valence-electron chi connectivity index (χ2n) is 11.2. The molecule has 2 bridgehead atoms. The molecule has 7 heteroatoms. The lowest BCUT2D eigenvalue weighted by atomic mass is 9.85. The molecule has 2 amide bonds. The number of anilines is 1. The number of imidazole rings is 1. The van der Waals surface area contributed by atoms with Gasteiger partial charge in [-0.25, -0.2) is 4.98 Å². The Morgan fingerprint density at radius 3 is 2.64 bits per heavy atom. The summed E-state index contributed by atoms with van der Waals surface area (Å²) in [4.78, 5) is 35.2. The molecule has 1 aromatic carbocycles. The fraction of sp³-hybridized carbons (Fsp3) is 0.448. The molecule has 0 saturated heterocycles. The maximum atomic E-state index is 13.3. The van der Waals surface area contributed by atoms with Gasteiger partial charge < -0.3 is 15.2 Å². The van der Waals surface area contributed by atoms with Crippen molar-refractivity contribution in [3.8, 4) is 11.4 Å². The first kappa shape index (κ1) is 21.8. The molecule has 3 aromatic rings. The molecule has 4 aliphatic rings. The van der Waals surface area contributed by atoms with Gasteiger partial charge in [0.25, 0.3) is 5.91 Å². The van der Waals surface area contributed by atoms with Crippen LogP contribution in [0.3, 0.4) is 0 Å². The molecule has 2 heterocycles. The number of nitrogens with one attached hydrogen (secondary N) is 2. The first-order valence-corrected chi connectivity index (χ1v) is 13.2. The third-order valence-electron chi connectivity index (χ3n) is 9.27. The van der Waals surface area contributed by atoms with Crippen molar-refractivity contribution in [2.75, 3.05) is 11.9 Å². The van der Waals surface area contributed by atoms with Gasteiger partial charge >= 0.3 is 0 Å². The summed E-state index contributed by atoms with van der Waals surface area (Å²) in [6.45, 7) is 0.693. The molecule has 3 saturated carbocycles. The van der Waals surface area contributed by atoms with E-state index in [4.69, 9.17) is 4.98 Å². The summed E-state index contributed by atoms with van der Waals surface area (Å²) in [6.07, 6.45) is 15.1. The summed E-state index contributed by atoms with van der Waals surface area (Å²) in [5, 5.41) is 6.33. The molecule has 1 spiro atoms. The van der Waals surface area contributed by atoms with Crippen LogP contribution in [0.5, 0.6) is 0 Å². The van der Waals surface area contributed by atoms with E-state index in [1.54, 1.807) is 12.4 Å². The zero-order chi connectivity index (χ0) is 24.4. The van der Waals surface area contributed by atoms with E-state index in [2.05, 4.69) is 27.8 Å². The molecule has 4 aliphatic carbocycles. The number of fused-ring (bicyclic) bond motifs is 1. The Bertz CT molecular complexity index is 1400. The first-order valence-electron chi connectivity index (χ1n) is 13.2. The molecular weight excluding hydrogens is 450 g/mol.